The van der Waals surface area contributed by atoms with Crippen LogP contribution in [-0.2, 0) is 9.84 Å². The van der Waals surface area contributed by atoms with Crippen LogP contribution >= 0.6 is 0 Å². The summed E-state index contributed by atoms with van der Waals surface area (Å²) in [4.78, 5) is 2.36. The van der Waals surface area contributed by atoms with Crippen LogP contribution in [0.15, 0.2) is 0 Å². The third kappa shape index (κ3) is 6.10. The lowest BCUT2D eigenvalue weighted by molar-refractivity contribution is 0.147. The zero-order valence-corrected chi connectivity index (χ0v) is 14.6. The van der Waals surface area contributed by atoms with Gasteiger partial charge in [-0.2, -0.15) is 0 Å². The molecule has 1 fully saturated rings. The van der Waals surface area contributed by atoms with Gasteiger partial charge in [0.05, 0.1) is 11.0 Å². The van der Waals surface area contributed by atoms with E-state index in [2.05, 4.69) is 31.0 Å². The van der Waals surface area contributed by atoms with E-state index in [-0.39, 0.29) is 16.5 Å². The quantitative estimate of drug-likeness (QED) is 0.816. The molecule has 1 rings (SSSR count). The molecule has 0 bridgehead atoms. The van der Waals surface area contributed by atoms with Gasteiger partial charge >= 0.3 is 0 Å². The Morgan fingerprint density at radius 2 is 1.90 bits per heavy atom. The molecule has 0 aromatic rings. The zero-order valence-electron chi connectivity index (χ0n) is 13.8. The molecule has 5 heteroatoms. The Morgan fingerprint density at radius 1 is 1.25 bits per heavy atom. The third-order valence-corrected chi connectivity index (χ3v) is 6.19. The topological polar surface area (TPSA) is 49.4 Å². The summed E-state index contributed by atoms with van der Waals surface area (Å²) in [5, 5.41) is 3.29. The minimum atomic E-state index is -2.93. The van der Waals surface area contributed by atoms with Crippen molar-refractivity contribution in [3.8, 4) is 0 Å². The minimum absolute atomic E-state index is 0.118. The van der Waals surface area contributed by atoms with Crippen LogP contribution in [0.4, 0.5) is 0 Å². The minimum Gasteiger partial charge on any atom is -0.311 e. The molecule has 1 saturated heterocycles. The molecule has 0 aliphatic carbocycles. The second-order valence-electron chi connectivity index (χ2n) is 7.23. The van der Waals surface area contributed by atoms with Crippen molar-refractivity contribution >= 4 is 9.84 Å². The first-order chi connectivity index (χ1) is 9.12. The SMILES string of the molecule is CC(C)S(=O)(=O)CCN1CCCCC1CNC(C)(C)C. The fourth-order valence-corrected chi connectivity index (χ4v) is 3.45. The number of rotatable bonds is 6. The van der Waals surface area contributed by atoms with Gasteiger partial charge in [0.25, 0.3) is 0 Å². The lowest BCUT2D eigenvalue weighted by Gasteiger charge is -2.37. The molecule has 0 spiro atoms. The van der Waals surface area contributed by atoms with Gasteiger partial charge in [0, 0.05) is 24.7 Å². The number of nitrogens with one attached hydrogen (secondary N) is 1. The van der Waals surface area contributed by atoms with Crippen molar-refractivity contribution in [2.45, 2.75) is 70.7 Å². The van der Waals surface area contributed by atoms with Crippen LogP contribution in [0, 0.1) is 0 Å². The highest BCUT2D eigenvalue weighted by Crippen LogP contribution is 2.17. The fraction of sp³-hybridized carbons (Fsp3) is 1.00. The maximum Gasteiger partial charge on any atom is 0.153 e. The maximum atomic E-state index is 12.0. The summed E-state index contributed by atoms with van der Waals surface area (Å²) in [7, 11) is -2.93. The Labute approximate surface area is 125 Å². The van der Waals surface area contributed by atoms with Gasteiger partial charge in [0.15, 0.2) is 9.84 Å². The Balaban J connectivity index is 2.52. The van der Waals surface area contributed by atoms with Crippen molar-refractivity contribution in [2.24, 2.45) is 0 Å². The number of hydrogen-bond donors (Lipinski definition) is 1. The molecular formula is C15H32N2O2S. The predicted octanol–water partition coefficient (Wildman–Crippen LogP) is 2.05. The average molecular weight is 305 g/mol. The number of sulfone groups is 1. The van der Waals surface area contributed by atoms with Crippen molar-refractivity contribution < 1.29 is 8.42 Å². The van der Waals surface area contributed by atoms with E-state index < -0.39 is 9.84 Å². The lowest BCUT2D eigenvalue weighted by Crippen LogP contribution is -2.50. The number of hydrogen-bond acceptors (Lipinski definition) is 4. The van der Waals surface area contributed by atoms with Crippen LogP contribution in [0.25, 0.3) is 0 Å². The zero-order chi connectivity index (χ0) is 15.4. The summed E-state index contributed by atoms with van der Waals surface area (Å²) in [5.41, 5.74) is 0.118. The third-order valence-electron chi connectivity index (χ3n) is 4.00. The van der Waals surface area contributed by atoms with Gasteiger partial charge in [-0.1, -0.05) is 6.42 Å². The molecular weight excluding hydrogens is 272 g/mol. The van der Waals surface area contributed by atoms with Crippen molar-refractivity contribution in [2.75, 3.05) is 25.4 Å². The van der Waals surface area contributed by atoms with Gasteiger partial charge in [-0.15, -0.1) is 0 Å². The summed E-state index contributed by atoms with van der Waals surface area (Å²) in [6.07, 6.45) is 3.61. The lowest BCUT2D eigenvalue weighted by atomic mass is 10.0. The first-order valence-electron chi connectivity index (χ1n) is 7.82. The van der Waals surface area contributed by atoms with Crippen LogP contribution in [0.5, 0.6) is 0 Å². The maximum absolute atomic E-state index is 12.0. The van der Waals surface area contributed by atoms with Crippen molar-refractivity contribution in [1.82, 2.24) is 10.2 Å². The van der Waals surface area contributed by atoms with Gasteiger partial charge in [-0.05, 0) is 54.0 Å². The van der Waals surface area contributed by atoms with Gasteiger partial charge in [-0.3, -0.25) is 4.90 Å². The Hall–Kier alpha value is -0.130. The second-order valence-corrected chi connectivity index (χ2v) is 9.91. The molecule has 1 unspecified atom stereocenters. The fourth-order valence-electron chi connectivity index (χ4n) is 2.49. The molecule has 0 saturated carbocycles. The van der Waals surface area contributed by atoms with Crippen molar-refractivity contribution in [3.05, 3.63) is 0 Å². The van der Waals surface area contributed by atoms with Crippen LogP contribution in [0.2, 0.25) is 0 Å². The standard InChI is InChI=1S/C15H32N2O2S/c1-13(2)20(18,19)11-10-17-9-7-6-8-14(17)12-16-15(3,4)5/h13-14,16H,6-12H2,1-5H3. The Bertz CT molecular complexity index is 385. The molecule has 20 heavy (non-hydrogen) atoms. The van der Waals surface area contributed by atoms with E-state index in [1.165, 1.54) is 19.3 Å². The van der Waals surface area contributed by atoms with Crippen LogP contribution in [0.3, 0.4) is 0 Å². The van der Waals surface area contributed by atoms with E-state index in [9.17, 15) is 8.42 Å². The van der Waals surface area contributed by atoms with Gasteiger partial charge in [-0.25, -0.2) is 8.42 Å². The normalized spacial score (nSPS) is 22.4. The van der Waals surface area contributed by atoms with Gasteiger partial charge in [0.1, 0.15) is 0 Å². The molecule has 120 valence electrons. The van der Waals surface area contributed by atoms with Crippen LogP contribution in [0.1, 0.15) is 53.9 Å². The highest BCUT2D eigenvalue weighted by Gasteiger charge is 2.26. The van der Waals surface area contributed by atoms with Crippen molar-refractivity contribution in [3.63, 3.8) is 0 Å². The van der Waals surface area contributed by atoms with E-state index in [0.717, 1.165) is 13.1 Å². The summed E-state index contributed by atoms with van der Waals surface area (Å²) >= 11 is 0. The molecule has 4 nitrogen and oxygen atoms in total. The number of likely N-dealkylation sites (tertiary alicyclic amines) is 1. The van der Waals surface area contributed by atoms with E-state index in [1.807, 2.05) is 0 Å². The number of piperidine rings is 1. The van der Waals surface area contributed by atoms with Gasteiger partial charge < -0.3 is 5.32 Å². The molecule has 0 aromatic carbocycles. The van der Waals surface area contributed by atoms with Gasteiger partial charge in [0.2, 0.25) is 0 Å². The molecule has 1 heterocycles. The second kappa shape index (κ2) is 7.23. The highest BCUT2D eigenvalue weighted by molar-refractivity contribution is 7.92. The van der Waals surface area contributed by atoms with Crippen LogP contribution in [-0.4, -0.2) is 55.5 Å². The van der Waals surface area contributed by atoms with Crippen LogP contribution < -0.4 is 5.32 Å². The Morgan fingerprint density at radius 3 is 2.45 bits per heavy atom. The molecule has 0 radical (unpaired) electrons. The molecule has 1 atom stereocenters. The Kier molecular flexibility index (Phi) is 6.48. The molecule has 1 aliphatic heterocycles. The molecule has 0 aromatic heterocycles. The molecule has 1 N–H and O–H groups in total. The van der Waals surface area contributed by atoms with E-state index >= 15 is 0 Å². The smallest absolute Gasteiger partial charge is 0.153 e. The summed E-state index contributed by atoms with van der Waals surface area (Å²) < 4.78 is 23.9. The summed E-state index contributed by atoms with van der Waals surface area (Å²) in [5.74, 6) is 0.288. The highest BCUT2D eigenvalue weighted by atomic mass is 32.2. The summed E-state index contributed by atoms with van der Waals surface area (Å²) in [6.45, 7) is 12.7. The van der Waals surface area contributed by atoms with E-state index in [4.69, 9.17) is 0 Å². The molecule has 1 aliphatic rings. The van der Waals surface area contributed by atoms with Crippen molar-refractivity contribution in [1.29, 1.82) is 0 Å². The largest absolute Gasteiger partial charge is 0.311 e. The monoisotopic (exact) mass is 304 g/mol. The average Bonchev–Trinajstić information content (AvgIpc) is 2.33. The summed E-state index contributed by atoms with van der Waals surface area (Å²) in [6, 6.07) is 0.477. The van der Waals surface area contributed by atoms with E-state index in [1.54, 1.807) is 13.8 Å². The number of nitrogens with zero attached hydrogens (tertiary/aromatic N) is 1. The molecule has 0 amide bonds. The predicted molar refractivity (Wildman–Crippen MR) is 85.9 cm³/mol. The first kappa shape index (κ1) is 17.9. The van der Waals surface area contributed by atoms with E-state index in [0.29, 0.717) is 12.6 Å². The first-order valence-corrected chi connectivity index (χ1v) is 9.54.